The normalized spacial score (nSPS) is 29.4. The van der Waals surface area contributed by atoms with Crippen molar-refractivity contribution in [2.45, 2.75) is 38.8 Å². The Bertz CT molecular complexity index is 349. The molecule has 1 N–H and O–H groups in total. The second-order valence-electron chi connectivity index (χ2n) is 5.56. The smallest absolute Gasteiger partial charge is 0.0117 e. The predicted molar refractivity (Wildman–Crippen MR) is 77.8 cm³/mol. The van der Waals surface area contributed by atoms with E-state index in [1.807, 2.05) is 0 Å². The first-order valence-corrected chi connectivity index (χ1v) is 7.17. The first-order chi connectivity index (χ1) is 8.72. The van der Waals surface area contributed by atoms with E-state index in [-0.39, 0.29) is 0 Å². The highest BCUT2D eigenvalue weighted by Crippen LogP contribution is 2.23. The lowest BCUT2D eigenvalue weighted by atomic mass is 9.87. The van der Waals surface area contributed by atoms with Crippen molar-refractivity contribution in [3.05, 3.63) is 35.9 Å². The fraction of sp³-hybridized carbons (Fsp3) is 0.625. The van der Waals surface area contributed by atoms with Gasteiger partial charge in [-0.3, -0.25) is 4.90 Å². The number of nitrogens with zero attached hydrogens (tertiary/aromatic N) is 1. The monoisotopic (exact) mass is 246 g/mol. The van der Waals surface area contributed by atoms with Crippen molar-refractivity contribution in [2.24, 2.45) is 5.92 Å². The van der Waals surface area contributed by atoms with Gasteiger partial charge in [0.25, 0.3) is 0 Å². The summed E-state index contributed by atoms with van der Waals surface area (Å²) in [6.45, 7) is 7.16. The van der Waals surface area contributed by atoms with Crippen molar-refractivity contribution < 1.29 is 0 Å². The highest BCUT2D eigenvalue weighted by molar-refractivity contribution is 5.15. The average molecular weight is 246 g/mol. The number of benzene rings is 1. The van der Waals surface area contributed by atoms with Crippen molar-refractivity contribution >= 4 is 0 Å². The molecule has 1 heterocycles. The molecule has 0 aliphatic carbocycles. The topological polar surface area (TPSA) is 15.3 Å². The van der Waals surface area contributed by atoms with Gasteiger partial charge in [-0.1, -0.05) is 37.3 Å². The molecule has 2 nitrogen and oxygen atoms in total. The minimum atomic E-state index is 0.680. The standard InChI is InChI=1S/C16H26N2/c1-13-14(2)18(12-10-16(13)17-3)11-9-15-7-5-4-6-8-15/h4-8,13-14,16-17H,9-12H2,1-3H3. The van der Waals surface area contributed by atoms with Gasteiger partial charge in [0.2, 0.25) is 0 Å². The van der Waals surface area contributed by atoms with Crippen molar-refractivity contribution in [1.29, 1.82) is 0 Å². The third kappa shape index (κ3) is 3.12. The number of piperidine rings is 1. The van der Waals surface area contributed by atoms with Crippen molar-refractivity contribution in [1.82, 2.24) is 10.2 Å². The number of hydrogen-bond acceptors (Lipinski definition) is 2. The molecule has 0 aromatic heterocycles. The van der Waals surface area contributed by atoms with E-state index >= 15 is 0 Å². The fourth-order valence-corrected chi connectivity index (χ4v) is 3.08. The Hall–Kier alpha value is -0.860. The number of likely N-dealkylation sites (tertiary alicyclic amines) is 1. The van der Waals surface area contributed by atoms with Gasteiger partial charge in [-0.25, -0.2) is 0 Å². The number of rotatable bonds is 4. The van der Waals surface area contributed by atoms with E-state index in [1.54, 1.807) is 0 Å². The van der Waals surface area contributed by atoms with Crippen LogP contribution in [0.5, 0.6) is 0 Å². The second-order valence-corrected chi connectivity index (χ2v) is 5.56. The number of hydrogen-bond donors (Lipinski definition) is 1. The van der Waals surface area contributed by atoms with Crippen LogP contribution in [0.1, 0.15) is 25.8 Å². The Morgan fingerprint density at radius 2 is 1.94 bits per heavy atom. The maximum atomic E-state index is 3.45. The van der Waals surface area contributed by atoms with Crippen molar-refractivity contribution in [3.8, 4) is 0 Å². The quantitative estimate of drug-likeness (QED) is 0.878. The molecule has 0 spiro atoms. The predicted octanol–water partition coefficient (Wildman–Crippen LogP) is 2.55. The third-order valence-electron chi connectivity index (χ3n) is 4.60. The van der Waals surface area contributed by atoms with Crippen LogP contribution in [0.3, 0.4) is 0 Å². The Balaban J connectivity index is 1.87. The van der Waals surface area contributed by atoms with E-state index in [2.05, 4.69) is 61.4 Å². The Morgan fingerprint density at radius 1 is 1.22 bits per heavy atom. The molecule has 3 unspecified atom stereocenters. The molecule has 1 aliphatic heterocycles. The van der Waals surface area contributed by atoms with E-state index in [1.165, 1.54) is 31.5 Å². The first kappa shape index (κ1) is 13.6. The van der Waals surface area contributed by atoms with E-state index in [0.717, 1.165) is 5.92 Å². The summed E-state index contributed by atoms with van der Waals surface area (Å²) in [6.07, 6.45) is 2.44. The molecule has 0 bridgehead atoms. The molecule has 1 aromatic carbocycles. The van der Waals surface area contributed by atoms with Crippen LogP contribution in [0.25, 0.3) is 0 Å². The number of nitrogens with one attached hydrogen (secondary N) is 1. The summed E-state index contributed by atoms with van der Waals surface area (Å²) in [5.74, 6) is 0.736. The molecule has 0 saturated carbocycles. The Kier molecular flexibility index (Phi) is 4.79. The van der Waals surface area contributed by atoms with Gasteiger partial charge in [0, 0.05) is 18.6 Å². The van der Waals surface area contributed by atoms with Gasteiger partial charge in [0.15, 0.2) is 0 Å². The van der Waals surface area contributed by atoms with Gasteiger partial charge in [-0.2, -0.15) is 0 Å². The maximum Gasteiger partial charge on any atom is 0.0117 e. The van der Waals surface area contributed by atoms with Gasteiger partial charge < -0.3 is 5.32 Å². The zero-order valence-corrected chi connectivity index (χ0v) is 11.9. The van der Waals surface area contributed by atoms with E-state index in [0.29, 0.717) is 12.1 Å². The minimum Gasteiger partial charge on any atom is -0.317 e. The highest BCUT2D eigenvalue weighted by atomic mass is 15.2. The summed E-state index contributed by atoms with van der Waals surface area (Å²) in [5.41, 5.74) is 1.45. The van der Waals surface area contributed by atoms with Gasteiger partial charge >= 0.3 is 0 Å². The first-order valence-electron chi connectivity index (χ1n) is 7.17. The van der Waals surface area contributed by atoms with Crippen molar-refractivity contribution in [3.63, 3.8) is 0 Å². The van der Waals surface area contributed by atoms with Gasteiger partial charge in [-0.15, -0.1) is 0 Å². The molecule has 1 aromatic rings. The van der Waals surface area contributed by atoms with Gasteiger partial charge in [0.1, 0.15) is 0 Å². The molecule has 0 amide bonds. The molecule has 1 saturated heterocycles. The summed E-state index contributed by atoms with van der Waals surface area (Å²) in [7, 11) is 2.09. The summed E-state index contributed by atoms with van der Waals surface area (Å²) in [4.78, 5) is 2.64. The molecule has 3 atom stereocenters. The van der Waals surface area contributed by atoms with E-state index in [9.17, 15) is 0 Å². The average Bonchev–Trinajstić information content (AvgIpc) is 2.42. The molecular formula is C16H26N2. The zero-order valence-electron chi connectivity index (χ0n) is 11.9. The largest absolute Gasteiger partial charge is 0.317 e. The summed E-state index contributed by atoms with van der Waals surface area (Å²) < 4.78 is 0. The maximum absolute atomic E-state index is 3.45. The molecule has 100 valence electrons. The van der Waals surface area contributed by atoms with Crippen LogP contribution in [0.4, 0.5) is 0 Å². The Morgan fingerprint density at radius 3 is 2.61 bits per heavy atom. The summed E-state index contributed by atoms with van der Waals surface area (Å²) in [6, 6.07) is 12.2. The van der Waals surface area contributed by atoms with Crippen LogP contribution < -0.4 is 5.32 Å². The lowest BCUT2D eigenvalue weighted by molar-refractivity contribution is 0.0889. The molecular weight excluding hydrogens is 220 g/mol. The summed E-state index contributed by atoms with van der Waals surface area (Å²) >= 11 is 0. The molecule has 2 rings (SSSR count). The second kappa shape index (κ2) is 6.35. The lowest BCUT2D eigenvalue weighted by Crippen LogP contribution is -2.53. The van der Waals surface area contributed by atoms with Crippen LogP contribution in [-0.4, -0.2) is 37.1 Å². The summed E-state index contributed by atoms with van der Waals surface area (Å²) in [5, 5.41) is 3.45. The molecule has 1 aliphatic rings. The van der Waals surface area contributed by atoms with Crippen LogP contribution >= 0.6 is 0 Å². The van der Waals surface area contributed by atoms with Crippen LogP contribution in [-0.2, 0) is 6.42 Å². The minimum absolute atomic E-state index is 0.680. The molecule has 2 heteroatoms. The molecule has 18 heavy (non-hydrogen) atoms. The lowest BCUT2D eigenvalue weighted by Gasteiger charge is -2.42. The van der Waals surface area contributed by atoms with E-state index < -0.39 is 0 Å². The van der Waals surface area contributed by atoms with Crippen LogP contribution in [0.15, 0.2) is 30.3 Å². The van der Waals surface area contributed by atoms with Gasteiger partial charge in [0.05, 0.1) is 0 Å². The zero-order chi connectivity index (χ0) is 13.0. The van der Waals surface area contributed by atoms with Crippen molar-refractivity contribution in [2.75, 3.05) is 20.1 Å². The van der Waals surface area contributed by atoms with E-state index in [4.69, 9.17) is 0 Å². The third-order valence-corrected chi connectivity index (χ3v) is 4.60. The SMILES string of the molecule is CNC1CCN(CCc2ccccc2)C(C)C1C. The Labute approximate surface area is 111 Å². The highest BCUT2D eigenvalue weighted by Gasteiger charge is 2.30. The van der Waals surface area contributed by atoms with Crippen LogP contribution in [0, 0.1) is 5.92 Å². The van der Waals surface area contributed by atoms with Gasteiger partial charge in [-0.05, 0) is 44.8 Å². The molecule has 0 radical (unpaired) electrons. The fourth-order valence-electron chi connectivity index (χ4n) is 3.08. The molecule has 1 fully saturated rings. The van der Waals surface area contributed by atoms with Crippen LogP contribution in [0.2, 0.25) is 0 Å².